The van der Waals surface area contributed by atoms with Gasteiger partial charge in [0.2, 0.25) is 0 Å². The third-order valence-corrected chi connectivity index (χ3v) is 3.93. The standard InChI is InChI=1S/C15H23NO/c1-14(2,17-3)11-12-6-4-7-13(10-12)15(16)8-5-9-15/h4,6-7,10H,5,8-9,11,16H2,1-3H3. The van der Waals surface area contributed by atoms with Crippen LogP contribution in [0.4, 0.5) is 0 Å². The fourth-order valence-electron chi connectivity index (χ4n) is 2.40. The molecule has 0 heterocycles. The summed E-state index contributed by atoms with van der Waals surface area (Å²) in [6.45, 7) is 4.22. The monoisotopic (exact) mass is 233 g/mol. The molecule has 2 rings (SSSR count). The molecule has 94 valence electrons. The van der Waals surface area contributed by atoms with Gasteiger partial charge in [-0.3, -0.25) is 0 Å². The number of rotatable bonds is 4. The molecule has 0 aromatic heterocycles. The molecule has 0 aliphatic heterocycles. The van der Waals surface area contributed by atoms with E-state index in [1.165, 1.54) is 17.5 Å². The highest BCUT2D eigenvalue weighted by atomic mass is 16.5. The number of hydrogen-bond donors (Lipinski definition) is 1. The topological polar surface area (TPSA) is 35.2 Å². The largest absolute Gasteiger partial charge is 0.378 e. The zero-order valence-electron chi connectivity index (χ0n) is 11.1. The Labute approximate surface area is 104 Å². The van der Waals surface area contributed by atoms with Crippen LogP contribution in [-0.2, 0) is 16.7 Å². The third kappa shape index (κ3) is 2.70. The summed E-state index contributed by atoms with van der Waals surface area (Å²) in [5.41, 5.74) is 8.78. The van der Waals surface area contributed by atoms with Crippen molar-refractivity contribution in [2.24, 2.45) is 5.73 Å². The van der Waals surface area contributed by atoms with Crippen LogP contribution < -0.4 is 5.73 Å². The highest BCUT2D eigenvalue weighted by Gasteiger charge is 2.34. The maximum Gasteiger partial charge on any atom is 0.0662 e. The van der Waals surface area contributed by atoms with E-state index >= 15 is 0 Å². The molecule has 1 fully saturated rings. The minimum atomic E-state index is -0.111. The molecule has 0 bridgehead atoms. The SMILES string of the molecule is COC(C)(C)Cc1cccc(C2(N)CCC2)c1. The van der Waals surface area contributed by atoms with Crippen LogP contribution in [0.3, 0.4) is 0 Å². The first kappa shape index (κ1) is 12.6. The van der Waals surface area contributed by atoms with Crippen LogP contribution in [0.5, 0.6) is 0 Å². The Morgan fingerprint density at radius 1 is 1.35 bits per heavy atom. The lowest BCUT2D eigenvalue weighted by molar-refractivity contribution is 0.0231. The van der Waals surface area contributed by atoms with E-state index in [2.05, 4.69) is 38.1 Å². The summed E-state index contributed by atoms with van der Waals surface area (Å²) in [4.78, 5) is 0. The van der Waals surface area contributed by atoms with Crippen LogP contribution in [0.2, 0.25) is 0 Å². The fourth-order valence-corrected chi connectivity index (χ4v) is 2.40. The van der Waals surface area contributed by atoms with E-state index in [0.29, 0.717) is 0 Å². The maximum atomic E-state index is 6.36. The average Bonchev–Trinajstić information content (AvgIpc) is 2.26. The van der Waals surface area contributed by atoms with Gasteiger partial charge in [0, 0.05) is 19.1 Å². The molecule has 2 nitrogen and oxygen atoms in total. The zero-order valence-corrected chi connectivity index (χ0v) is 11.1. The predicted octanol–water partition coefficient (Wildman–Crippen LogP) is 2.99. The second-order valence-corrected chi connectivity index (χ2v) is 5.85. The van der Waals surface area contributed by atoms with Gasteiger partial charge >= 0.3 is 0 Å². The minimum Gasteiger partial charge on any atom is -0.378 e. The van der Waals surface area contributed by atoms with E-state index in [0.717, 1.165) is 19.3 Å². The second kappa shape index (κ2) is 4.43. The van der Waals surface area contributed by atoms with Crippen molar-refractivity contribution >= 4 is 0 Å². The summed E-state index contributed by atoms with van der Waals surface area (Å²) < 4.78 is 5.48. The number of benzene rings is 1. The zero-order chi connectivity index (χ0) is 12.5. The van der Waals surface area contributed by atoms with Gasteiger partial charge in [-0.25, -0.2) is 0 Å². The van der Waals surface area contributed by atoms with Crippen LogP contribution in [0.25, 0.3) is 0 Å². The van der Waals surface area contributed by atoms with Gasteiger partial charge in [0.15, 0.2) is 0 Å². The second-order valence-electron chi connectivity index (χ2n) is 5.85. The molecule has 2 heteroatoms. The van der Waals surface area contributed by atoms with Crippen molar-refractivity contribution < 1.29 is 4.74 Å². The number of ether oxygens (including phenoxy) is 1. The Bertz CT molecular complexity index is 394. The lowest BCUT2D eigenvalue weighted by Gasteiger charge is -2.39. The molecule has 1 saturated carbocycles. The molecule has 1 aliphatic carbocycles. The number of nitrogens with two attached hydrogens (primary N) is 1. The first-order valence-corrected chi connectivity index (χ1v) is 6.39. The van der Waals surface area contributed by atoms with Gasteiger partial charge in [-0.15, -0.1) is 0 Å². The van der Waals surface area contributed by atoms with Gasteiger partial charge in [0.25, 0.3) is 0 Å². The van der Waals surface area contributed by atoms with Crippen LogP contribution in [-0.4, -0.2) is 12.7 Å². The molecule has 0 atom stereocenters. The van der Waals surface area contributed by atoms with Crippen molar-refractivity contribution in [3.63, 3.8) is 0 Å². The summed E-state index contributed by atoms with van der Waals surface area (Å²) >= 11 is 0. The lowest BCUT2D eigenvalue weighted by atomic mass is 9.72. The molecule has 1 aliphatic rings. The normalized spacial score (nSPS) is 18.8. The molecule has 1 aromatic carbocycles. The molecular formula is C15H23NO. The van der Waals surface area contributed by atoms with Gasteiger partial charge in [-0.1, -0.05) is 24.3 Å². The summed E-state index contributed by atoms with van der Waals surface area (Å²) in [6.07, 6.45) is 4.41. The number of hydrogen-bond acceptors (Lipinski definition) is 2. The van der Waals surface area contributed by atoms with Crippen molar-refractivity contribution in [1.82, 2.24) is 0 Å². The van der Waals surface area contributed by atoms with E-state index in [9.17, 15) is 0 Å². The van der Waals surface area contributed by atoms with E-state index in [1.54, 1.807) is 7.11 Å². The highest BCUT2D eigenvalue weighted by molar-refractivity contribution is 5.31. The van der Waals surface area contributed by atoms with E-state index < -0.39 is 0 Å². The van der Waals surface area contributed by atoms with Crippen molar-refractivity contribution in [3.05, 3.63) is 35.4 Å². The quantitative estimate of drug-likeness (QED) is 0.867. The van der Waals surface area contributed by atoms with Crippen LogP contribution in [0.1, 0.15) is 44.2 Å². The Hall–Kier alpha value is -0.860. The van der Waals surface area contributed by atoms with Gasteiger partial charge in [0.05, 0.1) is 5.60 Å². The Morgan fingerprint density at radius 2 is 2.06 bits per heavy atom. The van der Waals surface area contributed by atoms with E-state index in [1.807, 2.05) is 0 Å². The van der Waals surface area contributed by atoms with E-state index in [-0.39, 0.29) is 11.1 Å². The summed E-state index contributed by atoms with van der Waals surface area (Å²) in [6, 6.07) is 8.68. The van der Waals surface area contributed by atoms with Crippen molar-refractivity contribution in [1.29, 1.82) is 0 Å². The summed E-state index contributed by atoms with van der Waals surface area (Å²) in [5.74, 6) is 0. The van der Waals surface area contributed by atoms with Gasteiger partial charge in [0.1, 0.15) is 0 Å². The highest BCUT2D eigenvalue weighted by Crippen LogP contribution is 2.39. The summed E-state index contributed by atoms with van der Waals surface area (Å²) in [5, 5.41) is 0. The molecule has 0 unspecified atom stereocenters. The molecule has 0 spiro atoms. The minimum absolute atomic E-state index is 0.0623. The molecular weight excluding hydrogens is 210 g/mol. The first-order chi connectivity index (χ1) is 7.95. The van der Waals surface area contributed by atoms with Crippen molar-refractivity contribution in [2.45, 2.75) is 50.7 Å². The first-order valence-electron chi connectivity index (χ1n) is 6.39. The van der Waals surface area contributed by atoms with Gasteiger partial charge in [-0.2, -0.15) is 0 Å². The smallest absolute Gasteiger partial charge is 0.0662 e. The fraction of sp³-hybridized carbons (Fsp3) is 0.600. The van der Waals surface area contributed by atoms with E-state index in [4.69, 9.17) is 10.5 Å². The summed E-state index contributed by atoms with van der Waals surface area (Å²) in [7, 11) is 1.76. The van der Waals surface area contributed by atoms with Gasteiger partial charge < -0.3 is 10.5 Å². The molecule has 0 amide bonds. The maximum absolute atomic E-state index is 6.36. The van der Waals surface area contributed by atoms with Gasteiger partial charge in [-0.05, 0) is 44.2 Å². The Kier molecular flexibility index (Phi) is 3.28. The Balaban J connectivity index is 2.17. The van der Waals surface area contributed by atoms with Crippen LogP contribution >= 0.6 is 0 Å². The molecule has 2 N–H and O–H groups in total. The number of methoxy groups -OCH3 is 1. The molecule has 0 radical (unpaired) electrons. The van der Waals surface area contributed by atoms with Crippen molar-refractivity contribution in [3.8, 4) is 0 Å². The third-order valence-electron chi connectivity index (χ3n) is 3.93. The molecule has 17 heavy (non-hydrogen) atoms. The average molecular weight is 233 g/mol. The predicted molar refractivity (Wildman–Crippen MR) is 71.0 cm³/mol. The van der Waals surface area contributed by atoms with Crippen LogP contribution in [0, 0.1) is 0 Å². The Morgan fingerprint density at radius 3 is 2.59 bits per heavy atom. The molecule has 1 aromatic rings. The lowest BCUT2D eigenvalue weighted by Crippen LogP contribution is -2.43. The van der Waals surface area contributed by atoms with Crippen LogP contribution in [0.15, 0.2) is 24.3 Å². The molecule has 0 saturated heterocycles. The van der Waals surface area contributed by atoms with Crippen molar-refractivity contribution in [2.75, 3.05) is 7.11 Å².